The minimum Gasteiger partial charge on any atom is -0.454 e. The third kappa shape index (κ3) is 3.57. The topological polar surface area (TPSA) is 59.6 Å². The normalized spacial score (nSPS) is 13.0. The van der Waals surface area contributed by atoms with Gasteiger partial charge in [0.1, 0.15) is 0 Å². The van der Waals surface area contributed by atoms with Crippen LogP contribution in [0.2, 0.25) is 0 Å². The first-order valence-electron chi connectivity index (χ1n) is 5.88. The van der Waals surface area contributed by atoms with Crippen LogP contribution in [0.1, 0.15) is 31.1 Å². The number of thiocarbonyl (C=S) groups is 1. The van der Waals surface area contributed by atoms with Crippen molar-refractivity contribution in [2.75, 3.05) is 6.79 Å². The second-order valence-electron chi connectivity index (χ2n) is 5.23. The van der Waals surface area contributed by atoms with Crippen LogP contribution in [0.25, 0.3) is 0 Å². The second-order valence-corrected chi connectivity index (χ2v) is 5.63. The highest BCUT2D eigenvalue weighted by atomic mass is 32.1. The average molecular weight is 280 g/mol. The molecule has 1 aromatic carbocycles. The van der Waals surface area contributed by atoms with Crippen molar-refractivity contribution in [3.63, 3.8) is 0 Å². The molecule has 0 unspecified atom stereocenters. The zero-order valence-electron chi connectivity index (χ0n) is 11.1. The molecule has 0 bridgehead atoms. The summed E-state index contributed by atoms with van der Waals surface area (Å²) in [6.07, 6.45) is 0. The quantitative estimate of drug-likeness (QED) is 0.768. The molecule has 102 valence electrons. The van der Waals surface area contributed by atoms with E-state index in [0.29, 0.717) is 22.2 Å². The number of carbonyl (C=O) groups excluding carboxylic acids is 1. The van der Waals surface area contributed by atoms with E-state index in [4.69, 9.17) is 21.7 Å². The molecule has 0 aliphatic carbocycles. The van der Waals surface area contributed by atoms with Crippen LogP contribution in [0.4, 0.5) is 0 Å². The lowest BCUT2D eigenvalue weighted by atomic mass is 10.1. The fraction of sp³-hybridized carbons (Fsp3) is 0.385. The highest BCUT2D eigenvalue weighted by molar-refractivity contribution is 7.80. The Hall–Kier alpha value is -1.82. The average Bonchev–Trinajstić information content (AvgIpc) is 2.72. The fourth-order valence-corrected chi connectivity index (χ4v) is 1.98. The molecular formula is C13H16N2O3S. The summed E-state index contributed by atoms with van der Waals surface area (Å²) in [6.45, 7) is 6.08. The van der Waals surface area contributed by atoms with Gasteiger partial charge in [0.2, 0.25) is 6.79 Å². The predicted octanol–water partition coefficient (Wildman–Crippen LogP) is 1.82. The highest BCUT2D eigenvalue weighted by Gasteiger charge is 2.18. The van der Waals surface area contributed by atoms with E-state index in [2.05, 4.69) is 10.6 Å². The summed E-state index contributed by atoms with van der Waals surface area (Å²) in [5, 5.41) is 5.95. The van der Waals surface area contributed by atoms with Crippen molar-refractivity contribution < 1.29 is 14.3 Å². The van der Waals surface area contributed by atoms with Crippen molar-refractivity contribution in [3.8, 4) is 11.5 Å². The first-order valence-corrected chi connectivity index (χ1v) is 6.29. The Morgan fingerprint density at radius 1 is 1.26 bits per heavy atom. The van der Waals surface area contributed by atoms with E-state index in [1.54, 1.807) is 18.2 Å². The SMILES string of the molecule is CC(C)(C)NC(=S)NC(=O)c1ccc2c(c1)OCO2. The van der Waals surface area contributed by atoms with Crippen molar-refractivity contribution in [1.29, 1.82) is 0 Å². The Morgan fingerprint density at radius 2 is 1.95 bits per heavy atom. The maximum Gasteiger partial charge on any atom is 0.257 e. The molecule has 0 atom stereocenters. The van der Waals surface area contributed by atoms with Crippen LogP contribution < -0.4 is 20.1 Å². The van der Waals surface area contributed by atoms with Gasteiger partial charge in [-0.1, -0.05) is 0 Å². The van der Waals surface area contributed by atoms with Gasteiger partial charge in [-0.2, -0.15) is 0 Å². The summed E-state index contributed by atoms with van der Waals surface area (Å²) in [6, 6.07) is 5.01. The van der Waals surface area contributed by atoms with Gasteiger partial charge < -0.3 is 14.8 Å². The smallest absolute Gasteiger partial charge is 0.257 e. The number of amides is 1. The number of carbonyl (C=O) groups is 1. The van der Waals surface area contributed by atoms with Gasteiger partial charge >= 0.3 is 0 Å². The Morgan fingerprint density at radius 3 is 2.63 bits per heavy atom. The van der Waals surface area contributed by atoms with Crippen LogP contribution in [0.15, 0.2) is 18.2 Å². The molecule has 1 aliphatic heterocycles. The Balaban J connectivity index is 2.02. The number of rotatable bonds is 1. The molecule has 19 heavy (non-hydrogen) atoms. The van der Waals surface area contributed by atoms with Gasteiger partial charge in [0, 0.05) is 11.1 Å². The van der Waals surface area contributed by atoms with Crippen molar-refractivity contribution in [2.24, 2.45) is 0 Å². The third-order valence-electron chi connectivity index (χ3n) is 2.35. The first kappa shape index (κ1) is 13.6. The summed E-state index contributed by atoms with van der Waals surface area (Å²) in [5.74, 6) is 0.939. The fourth-order valence-electron chi connectivity index (χ4n) is 1.58. The maximum absolute atomic E-state index is 12.0. The van der Waals surface area contributed by atoms with Gasteiger partial charge in [-0.3, -0.25) is 10.1 Å². The van der Waals surface area contributed by atoms with Crippen LogP contribution in [-0.2, 0) is 0 Å². The minimum absolute atomic E-state index is 0.185. The first-order chi connectivity index (χ1) is 8.85. The molecular weight excluding hydrogens is 264 g/mol. The highest BCUT2D eigenvalue weighted by Crippen LogP contribution is 2.32. The molecule has 6 heteroatoms. The molecule has 1 amide bonds. The van der Waals surface area contributed by atoms with Gasteiger partial charge in [0.15, 0.2) is 16.6 Å². The molecule has 0 fully saturated rings. The monoisotopic (exact) mass is 280 g/mol. The number of hydrogen-bond donors (Lipinski definition) is 2. The summed E-state index contributed by atoms with van der Waals surface area (Å²) in [7, 11) is 0. The van der Waals surface area contributed by atoms with E-state index >= 15 is 0 Å². The van der Waals surface area contributed by atoms with Gasteiger partial charge in [0.05, 0.1) is 0 Å². The van der Waals surface area contributed by atoms with E-state index < -0.39 is 0 Å². The lowest BCUT2D eigenvalue weighted by Crippen LogP contribution is -2.48. The molecule has 0 saturated carbocycles. The largest absolute Gasteiger partial charge is 0.454 e. The number of fused-ring (bicyclic) bond motifs is 1. The Bertz CT molecular complexity index is 523. The third-order valence-corrected chi connectivity index (χ3v) is 2.55. The van der Waals surface area contributed by atoms with Gasteiger partial charge in [-0.25, -0.2) is 0 Å². The van der Waals surface area contributed by atoms with Crippen LogP contribution >= 0.6 is 12.2 Å². The van der Waals surface area contributed by atoms with Crippen LogP contribution in [-0.4, -0.2) is 23.4 Å². The van der Waals surface area contributed by atoms with E-state index in [1.807, 2.05) is 20.8 Å². The van der Waals surface area contributed by atoms with E-state index in [0.717, 1.165) is 0 Å². The van der Waals surface area contributed by atoms with Gasteiger partial charge in [0.25, 0.3) is 5.91 Å². The summed E-state index contributed by atoms with van der Waals surface area (Å²) in [4.78, 5) is 12.0. The van der Waals surface area contributed by atoms with E-state index in [-0.39, 0.29) is 18.2 Å². The molecule has 0 radical (unpaired) electrons. The minimum atomic E-state index is -0.278. The van der Waals surface area contributed by atoms with Crippen molar-refractivity contribution >= 4 is 23.2 Å². The standard InChI is InChI=1S/C13H16N2O3S/c1-13(2,3)15-12(19)14-11(16)8-4-5-9-10(6-8)18-7-17-9/h4-6H,7H2,1-3H3,(H2,14,15,16,19). The van der Waals surface area contributed by atoms with Crippen LogP contribution in [0, 0.1) is 0 Å². The molecule has 0 spiro atoms. The summed E-state index contributed by atoms with van der Waals surface area (Å²) in [5.41, 5.74) is 0.279. The number of benzene rings is 1. The van der Waals surface area contributed by atoms with Crippen LogP contribution in [0.3, 0.4) is 0 Å². The Kier molecular flexibility index (Phi) is 3.61. The molecule has 0 saturated heterocycles. The van der Waals surface area contributed by atoms with Crippen molar-refractivity contribution in [3.05, 3.63) is 23.8 Å². The van der Waals surface area contributed by atoms with Crippen molar-refractivity contribution in [1.82, 2.24) is 10.6 Å². The molecule has 5 nitrogen and oxygen atoms in total. The predicted molar refractivity (Wildman–Crippen MR) is 75.5 cm³/mol. The summed E-state index contributed by atoms with van der Waals surface area (Å²) < 4.78 is 10.4. The maximum atomic E-state index is 12.0. The molecule has 1 heterocycles. The van der Waals surface area contributed by atoms with E-state index in [1.165, 1.54) is 0 Å². The molecule has 0 aromatic heterocycles. The molecule has 2 N–H and O–H groups in total. The summed E-state index contributed by atoms with van der Waals surface area (Å²) >= 11 is 5.08. The second kappa shape index (κ2) is 5.05. The van der Waals surface area contributed by atoms with Gasteiger partial charge in [-0.15, -0.1) is 0 Å². The van der Waals surface area contributed by atoms with E-state index in [9.17, 15) is 4.79 Å². The lowest BCUT2D eigenvalue weighted by Gasteiger charge is -2.22. The lowest BCUT2D eigenvalue weighted by molar-refractivity contribution is 0.0976. The molecule has 1 aromatic rings. The number of nitrogens with one attached hydrogen (secondary N) is 2. The number of ether oxygens (including phenoxy) is 2. The number of hydrogen-bond acceptors (Lipinski definition) is 4. The van der Waals surface area contributed by atoms with Crippen LogP contribution in [0.5, 0.6) is 11.5 Å². The zero-order valence-corrected chi connectivity index (χ0v) is 11.9. The van der Waals surface area contributed by atoms with Crippen molar-refractivity contribution in [2.45, 2.75) is 26.3 Å². The molecule has 1 aliphatic rings. The Labute approximate surface area is 117 Å². The van der Waals surface area contributed by atoms with Gasteiger partial charge in [-0.05, 0) is 51.2 Å². The molecule has 2 rings (SSSR count). The zero-order chi connectivity index (χ0) is 14.0.